The number of benzene rings is 2. The van der Waals surface area contributed by atoms with E-state index >= 15 is 0 Å². The fourth-order valence-corrected chi connectivity index (χ4v) is 2.68. The second-order valence-electron chi connectivity index (χ2n) is 5.35. The standard InChI is InChI=1S/C18H17FN2O/c1-12-17(15-5-3-4-6-16(15)21(12)2)18(22)20-11-13-7-9-14(19)10-8-13/h3-10H,11H2,1-2H3,(H,20,22). The van der Waals surface area contributed by atoms with Crippen LogP contribution in [0.3, 0.4) is 0 Å². The highest BCUT2D eigenvalue weighted by molar-refractivity contribution is 6.08. The Morgan fingerprint density at radius 1 is 1.14 bits per heavy atom. The van der Waals surface area contributed by atoms with Gasteiger partial charge in [-0.1, -0.05) is 30.3 Å². The van der Waals surface area contributed by atoms with Gasteiger partial charge in [-0.15, -0.1) is 0 Å². The number of para-hydroxylation sites is 1. The van der Waals surface area contributed by atoms with Crippen molar-refractivity contribution in [2.45, 2.75) is 13.5 Å². The molecule has 1 amide bonds. The van der Waals surface area contributed by atoms with Gasteiger partial charge in [-0.3, -0.25) is 4.79 Å². The number of carbonyl (C=O) groups excluding carboxylic acids is 1. The number of carbonyl (C=O) groups is 1. The van der Waals surface area contributed by atoms with Crippen molar-refractivity contribution in [2.24, 2.45) is 7.05 Å². The van der Waals surface area contributed by atoms with Crippen molar-refractivity contribution in [3.63, 3.8) is 0 Å². The summed E-state index contributed by atoms with van der Waals surface area (Å²) in [6.07, 6.45) is 0. The summed E-state index contributed by atoms with van der Waals surface area (Å²) in [6, 6.07) is 14.0. The molecule has 0 aliphatic rings. The maximum absolute atomic E-state index is 12.9. The summed E-state index contributed by atoms with van der Waals surface area (Å²) in [4.78, 5) is 12.5. The number of amides is 1. The van der Waals surface area contributed by atoms with E-state index in [0.717, 1.165) is 22.2 Å². The summed E-state index contributed by atoms with van der Waals surface area (Å²) in [5.41, 5.74) is 3.53. The Bertz CT molecular complexity index is 834. The van der Waals surface area contributed by atoms with Gasteiger partial charge in [0, 0.05) is 30.2 Å². The van der Waals surface area contributed by atoms with Crippen LogP contribution in [0.1, 0.15) is 21.6 Å². The van der Waals surface area contributed by atoms with E-state index in [9.17, 15) is 9.18 Å². The molecule has 2 aromatic carbocycles. The van der Waals surface area contributed by atoms with E-state index in [1.165, 1.54) is 12.1 Å². The van der Waals surface area contributed by atoms with Gasteiger partial charge in [-0.05, 0) is 30.7 Å². The minimum absolute atomic E-state index is 0.112. The third-order valence-electron chi connectivity index (χ3n) is 3.99. The van der Waals surface area contributed by atoms with Crippen molar-refractivity contribution >= 4 is 16.8 Å². The van der Waals surface area contributed by atoms with Gasteiger partial charge in [0.05, 0.1) is 5.56 Å². The molecule has 22 heavy (non-hydrogen) atoms. The molecule has 0 atom stereocenters. The number of nitrogens with one attached hydrogen (secondary N) is 1. The molecule has 0 unspecified atom stereocenters. The predicted molar refractivity (Wildman–Crippen MR) is 85.2 cm³/mol. The minimum Gasteiger partial charge on any atom is -0.348 e. The third kappa shape index (κ3) is 2.48. The van der Waals surface area contributed by atoms with Crippen molar-refractivity contribution in [1.29, 1.82) is 0 Å². The summed E-state index contributed by atoms with van der Waals surface area (Å²) < 4.78 is 14.9. The van der Waals surface area contributed by atoms with Gasteiger partial charge in [-0.2, -0.15) is 0 Å². The molecule has 112 valence electrons. The first-order valence-corrected chi connectivity index (χ1v) is 7.14. The molecule has 0 spiro atoms. The summed E-state index contributed by atoms with van der Waals surface area (Å²) in [7, 11) is 1.95. The van der Waals surface area contributed by atoms with Crippen LogP contribution in [-0.2, 0) is 13.6 Å². The monoisotopic (exact) mass is 296 g/mol. The van der Waals surface area contributed by atoms with Crippen LogP contribution in [0.2, 0.25) is 0 Å². The molecule has 3 aromatic rings. The quantitative estimate of drug-likeness (QED) is 0.788. The topological polar surface area (TPSA) is 34.0 Å². The van der Waals surface area contributed by atoms with E-state index in [4.69, 9.17) is 0 Å². The average Bonchev–Trinajstić information content (AvgIpc) is 2.79. The average molecular weight is 296 g/mol. The lowest BCUT2D eigenvalue weighted by Gasteiger charge is -2.06. The molecule has 0 radical (unpaired) electrons. The van der Waals surface area contributed by atoms with Crippen molar-refractivity contribution in [2.75, 3.05) is 0 Å². The van der Waals surface area contributed by atoms with E-state index in [1.807, 2.05) is 42.8 Å². The Kier molecular flexibility index (Phi) is 3.67. The second-order valence-corrected chi connectivity index (χ2v) is 5.35. The van der Waals surface area contributed by atoms with Gasteiger partial charge >= 0.3 is 0 Å². The maximum Gasteiger partial charge on any atom is 0.254 e. The first-order valence-electron chi connectivity index (χ1n) is 7.14. The first kappa shape index (κ1) is 14.3. The largest absolute Gasteiger partial charge is 0.348 e. The summed E-state index contributed by atoms with van der Waals surface area (Å²) in [5.74, 6) is -0.390. The van der Waals surface area contributed by atoms with E-state index < -0.39 is 0 Å². The predicted octanol–water partition coefficient (Wildman–Crippen LogP) is 3.56. The van der Waals surface area contributed by atoms with Crippen LogP contribution in [0.4, 0.5) is 4.39 Å². The fourth-order valence-electron chi connectivity index (χ4n) is 2.68. The Hall–Kier alpha value is -2.62. The van der Waals surface area contributed by atoms with Crippen LogP contribution in [-0.4, -0.2) is 10.5 Å². The van der Waals surface area contributed by atoms with Gasteiger partial charge in [0.2, 0.25) is 0 Å². The Balaban J connectivity index is 1.86. The molecule has 0 bridgehead atoms. The summed E-state index contributed by atoms with van der Waals surface area (Å²) in [6.45, 7) is 2.31. The molecule has 0 saturated carbocycles. The smallest absolute Gasteiger partial charge is 0.254 e. The number of halogens is 1. The maximum atomic E-state index is 12.9. The van der Waals surface area contributed by atoms with Crippen LogP contribution in [0, 0.1) is 12.7 Å². The molecule has 3 nitrogen and oxygen atoms in total. The number of fused-ring (bicyclic) bond motifs is 1. The summed E-state index contributed by atoms with van der Waals surface area (Å²) >= 11 is 0. The SMILES string of the molecule is Cc1c(C(=O)NCc2ccc(F)cc2)c2ccccc2n1C. The van der Waals surface area contributed by atoms with E-state index in [2.05, 4.69) is 5.32 Å². The van der Waals surface area contributed by atoms with E-state index in [0.29, 0.717) is 12.1 Å². The molecule has 0 aliphatic heterocycles. The second kappa shape index (κ2) is 5.64. The normalized spacial score (nSPS) is 10.9. The fraction of sp³-hybridized carbons (Fsp3) is 0.167. The van der Waals surface area contributed by atoms with Gasteiger partial charge in [-0.25, -0.2) is 4.39 Å². The molecule has 4 heteroatoms. The van der Waals surface area contributed by atoms with E-state index in [1.54, 1.807) is 12.1 Å². The Labute approximate surface area is 128 Å². The number of nitrogens with zero attached hydrogens (tertiary/aromatic N) is 1. The van der Waals surface area contributed by atoms with Crippen molar-refractivity contribution in [3.8, 4) is 0 Å². The molecule has 1 N–H and O–H groups in total. The molecule has 1 heterocycles. The highest BCUT2D eigenvalue weighted by Crippen LogP contribution is 2.24. The van der Waals surface area contributed by atoms with Crippen molar-refractivity contribution in [1.82, 2.24) is 9.88 Å². The number of rotatable bonds is 3. The summed E-state index contributed by atoms with van der Waals surface area (Å²) in [5, 5.41) is 3.85. The number of aryl methyl sites for hydroxylation is 1. The first-order chi connectivity index (χ1) is 10.6. The molecular formula is C18H17FN2O. The van der Waals surface area contributed by atoms with Crippen LogP contribution < -0.4 is 5.32 Å². The third-order valence-corrected chi connectivity index (χ3v) is 3.99. The zero-order chi connectivity index (χ0) is 15.7. The highest BCUT2D eigenvalue weighted by atomic mass is 19.1. The molecule has 1 aromatic heterocycles. The van der Waals surface area contributed by atoms with Crippen LogP contribution in [0.15, 0.2) is 48.5 Å². The molecule has 3 rings (SSSR count). The number of aromatic nitrogens is 1. The Morgan fingerprint density at radius 2 is 1.82 bits per heavy atom. The van der Waals surface area contributed by atoms with Gasteiger partial charge in [0.15, 0.2) is 0 Å². The van der Waals surface area contributed by atoms with E-state index in [-0.39, 0.29) is 11.7 Å². The Morgan fingerprint density at radius 3 is 2.55 bits per heavy atom. The lowest BCUT2D eigenvalue weighted by Crippen LogP contribution is -2.23. The van der Waals surface area contributed by atoms with Crippen LogP contribution >= 0.6 is 0 Å². The molecular weight excluding hydrogens is 279 g/mol. The van der Waals surface area contributed by atoms with Crippen LogP contribution in [0.25, 0.3) is 10.9 Å². The van der Waals surface area contributed by atoms with Gasteiger partial charge in [0.1, 0.15) is 5.82 Å². The zero-order valence-corrected chi connectivity index (χ0v) is 12.6. The lowest BCUT2D eigenvalue weighted by atomic mass is 10.1. The molecule has 0 saturated heterocycles. The molecule has 0 aliphatic carbocycles. The number of hydrogen-bond donors (Lipinski definition) is 1. The minimum atomic E-state index is -0.278. The number of hydrogen-bond acceptors (Lipinski definition) is 1. The van der Waals surface area contributed by atoms with Gasteiger partial charge in [0.25, 0.3) is 5.91 Å². The van der Waals surface area contributed by atoms with Gasteiger partial charge < -0.3 is 9.88 Å². The van der Waals surface area contributed by atoms with Crippen molar-refractivity contribution in [3.05, 3.63) is 71.2 Å². The van der Waals surface area contributed by atoms with Crippen molar-refractivity contribution < 1.29 is 9.18 Å². The highest BCUT2D eigenvalue weighted by Gasteiger charge is 2.17. The molecule has 0 fully saturated rings. The zero-order valence-electron chi connectivity index (χ0n) is 12.6. The van der Waals surface area contributed by atoms with Crippen LogP contribution in [0.5, 0.6) is 0 Å². The lowest BCUT2D eigenvalue weighted by molar-refractivity contribution is 0.0951.